The standard InChI is InChI=1S/C19H19ClO5/c1-22-13-6-5-10(7-14(13)23-2)17-18(20)11-8-15(24-3)16(25-4)9-12(11)19(17)21/h5-9,19,21H,1-4H3. The molecule has 1 aliphatic rings. The van der Waals surface area contributed by atoms with E-state index in [0.717, 1.165) is 11.1 Å². The van der Waals surface area contributed by atoms with Crippen LogP contribution in [-0.4, -0.2) is 33.5 Å². The van der Waals surface area contributed by atoms with Crippen molar-refractivity contribution in [2.75, 3.05) is 28.4 Å². The van der Waals surface area contributed by atoms with Gasteiger partial charge in [0, 0.05) is 11.1 Å². The summed E-state index contributed by atoms with van der Waals surface area (Å²) in [5.41, 5.74) is 2.75. The lowest BCUT2D eigenvalue weighted by Gasteiger charge is -2.14. The Morgan fingerprint density at radius 3 is 1.96 bits per heavy atom. The maximum atomic E-state index is 10.8. The zero-order valence-corrected chi connectivity index (χ0v) is 15.2. The van der Waals surface area contributed by atoms with Gasteiger partial charge in [0.2, 0.25) is 0 Å². The van der Waals surface area contributed by atoms with Gasteiger partial charge in [-0.05, 0) is 35.4 Å². The van der Waals surface area contributed by atoms with E-state index in [1.807, 2.05) is 6.07 Å². The molecule has 1 unspecified atom stereocenters. The summed E-state index contributed by atoms with van der Waals surface area (Å²) in [6.07, 6.45) is -0.875. The maximum absolute atomic E-state index is 10.8. The number of benzene rings is 2. The number of aliphatic hydroxyl groups excluding tert-OH is 1. The lowest BCUT2D eigenvalue weighted by molar-refractivity contribution is 0.240. The molecule has 1 atom stereocenters. The molecule has 3 rings (SSSR count). The minimum Gasteiger partial charge on any atom is -0.493 e. The summed E-state index contributed by atoms with van der Waals surface area (Å²) >= 11 is 6.58. The molecule has 1 N–H and O–H groups in total. The molecule has 0 spiro atoms. The fraction of sp³-hybridized carbons (Fsp3) is 0.263. The van der Waals surface area contributed by atoms with E-state index >= 15 is 0 Å². The minimum absolute atomic E-state index is 0.468. The Hall–Kier alpha value is -2.37. The number of aliphatic hydroxyl groups is 1. The minimum atomic E-state index is -0.875. The highest BCUT2D eigenvalue weighted by atomic mass is 35.5. The van der Waals surface area contributed by atoms with Crippen molar-refractivity contribution < 1.29 is 24.1 Å². The lowest BCUT2D eigenvalue weighted by Crippen LogP contribution is -2.00. The average Bonchev–Trinajstić information content (AvgIpc) is 2.89. The molecule has 0 aliphatic heterocycles. The van der Waals surface area contributed by atoms with Crippen LogP contribution in [0.3, 0.4) is 0 Å². The summed E-state index contributed by atoms with van der Waals surface area (Å²) in [5.74, 6) is 2.27. The molecular formula is C19H19ClO5. The highest BCUT2D eigenvalue weighted by Crippen LogP contribution is 2.51. The van der Waals surface area contributed by atoms with Gasteiger partial charge in [-0.2, -0.15) is 0 Å². The van der Waals surface area contributed by atoms with E-state index in [2.05, 4.69) is 0 Å². The first-order valence-corrected chi connectivity index (χ1v) is 7.99. The predicted molar refractivity (Wildman–Crippen MR) is 96.7 cm³/mol. The van der Waals surface area contributed by atoms with Gasteiger partial charge in [-0.15, -0.1) is 0 Å². The van der Waals surface area contributed by atoms with E-state index in [4.69, 9.17) is 30.5 Å². The molecule has 0 aromatic heterocycles. The van der Waals surface area contributed by atoms with E-state index < -0.39 is 6.10 Å². The number of rotatable bonds is 5. The first kappa shape index (κ1) is 17.5. The average molecular weight is 363 g/mol. The largest absolute Gasteiger partial charge is 0.493 e. The van der Waals surface area contributed by atoms with E-state index in [-0.39, 0.29) is 0 Å². The Kier molecular flexibility index (Phi) is 4.79. The smallest absolute Gasteiger partial charge is 0.161 e. The third kappa shape index (κ3) is 2.79. The molecule has 132 valence electrons. The Morgan fingerprint density at radius 1 is 0.800 bits per heavy atom. The summed E-state index contributed by atoms with van der Waals surface area (Å²) in [4.78, 5) is 0. The van der Waals surface area contributed by atoms with Crippen molar-refractivity contribution in [3.63, 3.8) is 0 Å². The molecule has 0 fully saturated rings. The van der Waals surface area contributed by atoms with Crippen LogP contribution in [0.5, 0.6) is 23.0 Å². The third-order valence-corrected chi connectivity index (χ3v) is 4.70. The van der Waals surface area contributed by atoms with Crippen LogP contribution in [0.15, 0.2) is 30.3 Å². The number of fused-ring (bicyclic) bond motifs is 1. The monoisotopic (exact) mass is 362 g/mol. The van der Waals surface area contributed by atoms with Crippen molar-refractivity contribution in [3.8, 4) is 23.0 Å². The van der Waals surface area contributed by atoms with Gasteiger partial charge < -0.3 is 24.1 Å². The van der Waals surface area contributed by atoms with Crippen LogP contribution in [0.1, 0.15) is 22.8 Å². The van der Waals surface area contributed by atoms with Crippen LogP contribution in [0, 0.1) is 0 Å². The Balaban J connectivity index is 2.13. The molecule has 2 aromatic rings. The summed E-state index contributed by atoms with van der Waals surface area (Å²) in [7, 11) is 6.24. The van der Waals surface area contributed by atoms with Gasteiger partial charge in [0.25, 0.3) is 0 Å². The second-order valence-electron chi connectivity index (χ2n) is 5.49. The Bertz CT molecular complexity index is 844. The van der Waals surface area contributed by atoms with Crippen molar-refractivity contribution in [2.24, 2.45) is 0 Å². The van der Waals surface area contributed by atoms with Crippen LogP contribution in [-0.2, 0) is 0 Å². The molecule has 2 aromatic carbocycles. The van der Waals surface area contributed by atoms with E-state index in [0.29, 0.717) is 39.2 Å². The highest BCUT2D eigenvalue weighted by molar-refractivity contribution is 6.53. The molecule has 0 saturated heterocycles. The van der Waals surface area contributed by atoms with Gasteiger partial charge in [0.05, 0.1) is 33.5 Å². The van der Waals surface area contributed by atoms with Gasteiger partial charge in [0.1, 0.15) is 6.10 Å². The molecule has 25 heavy (non-hydrogen) atoms. The molecule has 0 bridgehead atoms. The second-order valence-corrected chi connectivity index (χ2v) is 5.87. The van der Waals surface area contributed by atoms with Crippen molar-refractivity contribution in [2.45, 2.75) is 6.10 Å². The molecule has 0 saturated carbocycles. The number of hydrogen-bond donors (Lipinski definition) is 1. The van der Waals surface area contributed by atoms with Crippen LogP contribution >= 0.6 is 11.6 Å². The zero-order valence-electron chi connectivity index (χ0n) is 14.4. The van der Waals surface area contributed by atoms with Gasteiger partial charge >= 0.3 is 0 Å². The van der Waals surface area contributed by atoms with Gasteiger partial charge in [0.15, 0.2) is 23.0 Å². The predicted octanol–water partition coefficient (Wildman–Crippen LogP) is 3.88. The topological polar surface area (TPSA) is 57.2 Å². The van der Waals surface area contributed by atoms with E-state index in [1.54, 1.807) is 52.7 Å². The highest BCUT2D eigenvalue weighted by Gasteiger charge is 2.32. The first-order valence-electron chi connectivity index (χ1n) is 7.62. The van der Waals surface area contributed by atoms with Crippen molar-refractivity contribution in [3.05, 3.63) is 47.0 Å². The molecule has 5 nitrogen and oxygen atoms in total. The zero-order chi connectivity index (χ0) is 18.1. The third-order valence-electron chi connectivity index (χ3n) is 4.29. The maximum Gasteiger partial charge on any atom is 0.161 e. The van der Waals surface area contributed by atoms with Crippen molar-refractivity contribution in [1.82, 2.24) is 0 Å². The molecule has 0 amide bonds. The van der Waals surface area contributed by atoms with Crippen LogP contribution in [0.4, 0.5) is 0 Å². The van der Waals surface area contributed by atoms with Crippen LogP contribution in [0.25, 0.3) is 10.6 Å². The normalized spacial score (nSPS) is 15.8. The van der Waals surface area contributed by atoms with Gasteiger partial charge in [-0.3, -0.25) is 0 Å². The fourth-order valence-electron chi connectivity index (χ4n) is 3.02. The molecular weight excluding hydrogens is 344 g/mol. The lowest BCUT2D eigenvalue weighted by atomic mass is 10.00. The molecule has 6 heteroatoms. The van der Waals surface area contributed by atoms with E-state index in [1.165, 1.54) is 0 Å². The SMILES string of the molecule is COc1ccc(C2=C(Cl)c3cc(OC)c(OC)cc3C2O)cc1OC. The molecule has 0 heterocycles. The molecule has 0 radical (unpaired) electrons. The molecule has 1 aliphatic carbocycles. The van der Waals surface area contributed by atoms with Crippen LogP contribution in [0.2, 0.25) is 0 Å². The van der Waals surface area contributed by atoms with Crippen molar-refractivity contribution in [1.29, 1.82) is 0 Å². The van der Waals surface area contributed by atoms with E-state index in [9.17, 15) is 5.11 Å². The summed E-state index contributed by atoms with van der Waals surface area (Å²) in [6, 6.07) is 8.92. The number of methoxy groups -OCH3 is 4. The van der Waals surface area contributed by atoms with Crippen LogP contribution < -0.4 is 18.9 Å². The number of hydrogen-bond acceptors (Lipinski definition) is 5. The Labute approximate surface area is 151 Å². The summed E-state index contributed by atoms with van der Waals surface area (Å²) in [6.45, 7) is 0. The number of ether oxygens (including phenoxy) is 4. The first-order chi connectivity index (χ1) is 12.0. The second kappa shape index (κ2) is 6.86. The summed E-state index contributed by atoms with van der Waals surface area (Å²) < 4.78 is 21.3. The number of halogens is 1. The van der Waals surface area contributed by atoms with Gasteiger partial charge in [-0.25, -0.2) is 0 Å². The van der Waals surface area contributed by atoms with Gasteiger partial charge in [-0.1, -0.05) is 17.7 Å². The summed E-state index contributed by atoms with van der Waals surface area (Å²) in [5, 5.41) is 11.3. The Morgan fingerprint density at radius 2 is 1.36 bits per heavy atom. The van der Waals surface area contributed by atoms with Crippen molar-refractivity contribution >= 4 is 22.2 Å². The quantitative estimate of drug-likeness (QED) is 0.874. The fourth-order valence-corrected chi connectivity index (χ4v) is 3.40.